The van der Waals surface area contributed by atoms with Gasteiger partial charge >= 0.3 is 0 Å². The van der Waals surface area contributed by atoms with E-state index in [-0.39, 0.29) is 5.56 Å². The van der Waals surface area contributed by atoms with Crippen LogP contribution in [0.1, 0.15) is 18.2 Å². The number of rotatable bonds is 3. The molecule has 0 aliphatic carbocycles. The van der Waals surface area contributed by atoms with Crippen LogP contribution in [0.4, 0.5) is 0 Å². The molecule has 2 heteroatoms. The molecular formula is C24H21NO. The lowest BCUT2D eigenvalue weighted by Gasteiger charge is -2.16. The quantitative estimate of drug-likeness (QED) is 0.481. The van der Waals surface area contributed by atoms with E-state index in [1.807, 2.05) is 65.2 Å². The van der Waals surface area contributed by atoms with E-state index in [0.717, 1.165) is 39.7 Å². The van der Waals surface area contributed by atoms with Crippen molar-refractivity contribution in [2.24, 2.45) is 0 Å². The summed E-state index contributed by atoms with van der Waals surface area (Å²) in [5.41, 5.74) is 5.26. The zero-order valence-corrected chi connectivity index (χ0v) is 15.1. The van der Waals surface area contributed by atoms with E-state index in [9.17, 15) is 4.79 Å². The maximum Gasteiger partial charge on any atom is 0.263 e. The van der Waals surface area contributed by atoms with Crippen molar-refractivity contribution in [1.82, 2.24) is 4.57 Å². The first-order chi connectivity index (χ1) is 12.7. The first kappa shape index (κ1) is 16.3. The summed E-state index contributed by atoms with van der Waals surface area (Å²) in [5, 5.41) is 1.78. The Kier molecular flexibility index (Phi) is 4.18. The van der Waals surface area contributed by atoms with Crippen LogP contribution in [0.5, 0.6) is 0 Å². The van der Waals surface area contributed by atoms with Crippen LogP contribution in [-0.2, 0) is 6.42 Å². The second kappa shape index (κ2) is 6.64. The zero-order chi connectivity index (χ0) is 18.1. The third kappa shape index (κ3) is 2.64. The molecule has 0 unspecified atom stereocenters. The number of hydrogen-bond acceptors (Lipinski definition) is 1. The molecule has 4 rings (SSSR count). The Morgan fingerprint density at radius 2 is 1.50 bits per heavy atom. The molecule has 0 aliphatic heterocycles. The smallest absolute Gasteiger partial charge is 0.263 e. The number of hydrogen-bond donors (Lipinski definition) is 0. The van der Waals surface area contributed by atoms with Crippen LogP contribution < -0.4 is 5.56 Å². The third-order valence-corrected chi connectivity index (χ3v) is 4.93. The number of fused-ring (bicyclic) bond motifs is 1. The van der Waals surface area contributed by atoms with Crippen molar-refractivity contribution in [2.75, 3.05) is 0 Å². The first-order valence-corrected chi connectivity index (χ1v) is 9.00. The summed E-state index contributed by atoms with van der Waals surface area (Å²) in [6.07, 6.45) is 0.800. The van der Waals surface area contributed by atoms with Crippen LogP contribution in [0, 0.1) is 6.92 Å². The van der Waals surface area contributed by atoms with E-state index in [4.69, 9.17) is 0 Å². The summed E-state index contributed by atoms with van der Waals surface area (Å²) >= 11 is 0. The summed E-state index contributed by atoms with van der Waals surface area (Å²) in [4.78, 5) is 13.6. The molecule has 4 aromatic rings. The molecule has 0 saturated carbocycles. The fourth-order valence-corrected chi connectivity index (χ4v) is 3.64. The van der Waals surface area contributed by atoms with Crippen molar-refractivity contribution in [2.45, 2.75) is 20.3 Å². The maximum atomic E-state index is 13.6. The standard InChI is InChI=1S/C24H21NO/c1-3-19-16-18-11-9-15-22(21-14-8-7-10-17(21)2)23(18)24(26)25(19)20-12-5-4-6-13-20/h4-16H,3H2,1-2H3. The van der Waals surface area contributed by atoms with E-state index in [0.29, 0.717) is 0 Å². The minimum Gasteiger partial charge on any atom is -0.281 e. The van der Waals surface area contributed by atoms with Crippen LogP contribution in [0.25, 0.3) is 27.6 Å². The van der Waals surface area contributed by atoms with Gasteiger partial charge in [0.2, 0.25) is 0 Å². The van der Waals surface area contributed by atoms with Gasteiger partial charge in [0.05, 0.1) is 5.39 Å². The number of aromatic nitrogens is 1. The van der Waals surface area contributed by atoms with Gasteiger partial charge in [0.1, 0.15) is 0 Å². The van der Waals surface area contributed by atoms with Crippen molar-refractivity contribution in [3.8, 4) is 16.8 Å². The second-order valence-corrected chi connectivity index (χ2v) is 6.55. The Bertz CT molecular complexity index is 1140. The van der Waals surface area contributed by atoms with Crippen molar-refractivity contribution in [3.05, 3.63) is 100 Å². The molecule has 0 spiro atoms. The molecular weight excluding hydrogens is 318 g/mol. The van der Waals surface area contributed by atoms with Gasteiger partial charge in [-0.15, -0.1) is 0 Å². The molecule has 0 atom stereocenters. The minimum atomic E-state index is 0.0457. The van der Waals surface area contributed by atoms with E-state index in [1.165, 1.54) is 5.56 Å². The SMILES string of the molecule is CCc1cc2cccc(-c3ccccc3C)c2c(=O)n1-c1ccccc1. The van der Waals surface area contributed by atoms with Gasteiger partial charge < -0.3 is 0 Å². The van der Waals surface area contributed by atoms with Crippen LogP contribution in [0.2, 0.25) is 0 Å². The van der Waals surface area contributed by atoms with E-state index >= 15 is 0 Å². The largest absolute Gasteiger partial charge is 0.281 e. The molecule has 0 amide bonds. The Hall–Kier alpha value is -3.13. The normalized spacial score (nSPS) is 11.0. The fourth-order valence-electron chi connectivity index (χ4n) is 3.64. The molecule has 0 N–H and O–H groups in total. The molecule has 0 bridgehead atoms. The van der Waals surface area contributed by atoms with Crippen LogP contribution >= 0.6 is 0 Å². The van der Waals surface area contributed by atoms with E-state index < -0.39 is 0 Å². The Morgan fingerprint density at radius 3 is 2.23 bits per heavy atom. The topological polar surface area (TPSA) is 22.0 Å². The Labute approximate surface area is 153 Å². The first-order valence-electron chi connectivity index (χ1n) is 9.00. The van der Waals surface area contributed by atoms with Gasteiger partial charge in [-0.2, -0.15) is 0 Å². The lowest BCUT2D eigenvalue weighted by molar-refractivity contribution is 0.889. The minimum absolute atomic E-state index is 0.0457. The lowest BCUT2D eigenvalue weighted by Crippen LogP contribution is -2.22. The fraction of sp³-hybridized carbons (Fsp3) is 0.125. The average molecular weight is 339 g/mol. The highest BCUT2D eigenvalue weighted by molar-refractivity contribution is 5.97. The van der Waals surface area contributed by atoms with Gasteiger partial charge in [0, 0.05) is 11.4 Å². The third-order valence-electron chi connectivity index (χ3n) is 4.93. The predicted octanol–water partition coefficient (Wildman–Crippen LogP) is 5.53. The molecule has 1 aromatic heterocycles. The lowest BCUT2D eigenvalue weighted by atomic mass is 9.95. The Balaban J connectivity index is 2.12. The van der Waals surface area contributed by atoms with Crippen LogP contribution in [0.3, 0.4) is 0 Å². The Morgan fingerprint density at radius 1 is 0.808 bits per heavy atom. The van der Waals surface area contributed by atoms with Gasteiger partial charge in [-0.3, -0.25) is 9.36 Å². The zero-order valence-electron chi connectivity index (χ0n) is 15.1. The van der Waals surface area contributed by atoms with E-state index in [1.54, 1.807) is 0 Å². The number of benzene rings is 3. The molecule has 0 saturated heterocycles. The molecule has 26 heavy (non-hydrogen) atoms. The van der Waals surface area contributed by atoms with Gasteiger partial charge in [-0.1, -0.05) is 67.6 Å². The highest BCUT2D eigenvalue weighted by Gasteiger charge is 2.14. The van der Waals surface area contributed by atoms with Crippen LogP contribution in [-0.4, -0.2) is 4.57 Å². The molecule has 128 valence electrons. The summed E-state index contributed by atoms with van der Waals surface area (Å²) < 4.78 is 1.85. The predicted molar refractivity (Wildman–Crippen MR) is 109 cm³/mol. The van der Waals surface area contributed by atoms with Crippen molar-refractivity contribution in [3.63, 3.8) is 0 Å². The van der Waals surface area contributed by atoms with E-state index in [2.05, 4.69) is 32.0 Å². The summed E-state index contributed by atoms with van der Waals surface area (Å²) in [5.74, 6) is 0. The molecule has 2 nitrogen and oxygen atoms in total. The monoisotopic (exact) mass is 339 g/mol. The second-order valence-electron chi connectivity index (χ2n) is 6.55. The van der Waals surface area contributed by atoms with Crippen molar-refractivity contribution >= 4 is 10.8 Å². The molecule has 0 fully saturated rings. The maximum absolute atomic E-state index is 13.6. The van der Waals surface area contributed by atoms with Gasteiger partial charge in [-0.25, -0.2) is 0 Å². The van der Waals surface area contributed by atoms with Gasteiger partial charge in [-0.05, 0) is 53.6 Å². The highest BCUT2D eigenvalue weighted by atomic mass is 16.1. The molecule has 1 heterocycles. The molecule has 0 radical (unpaired) electrons. The summed E-state index contributed by atoms with van der Waals surface area (Å²) in [6, 6.07) is 26.4. The summed E-state index contributed by atoms with van der Waals surface area (Å²) in [7, 11) is 0. The van der Waals surface area contributed by atoms with Crippen LogP contribution in [0.15, 0.2) is 83.7 Å². The highest BCUT2D eigenvalue weighted by Crippen LogP contribution is 2.30. The van der Waals surface area contributed by atoms with Crippen molar-refractivity contribution < 1.29 is 0 Å². The van der Waals surface area contributed by atoms with Gasteiger partial charge in [0.25, 0.3) is 5.56 Å². The summed E-state index contributed by atoms with van der Waals surface area (Å²) in [6.45, 7) is 4.18. The number of aryl methyl sites for hydroxylation is 2. The molecule has 0 aliphatic rings. The van der Waals surface area contributed by atoms with Gasteiger partial charge in [0.15, 0.2) is 0 Å². The number of para-hydroxylation sites is 1. The average Bonchev–Trinajstić information content (AvgIpc) is 2.68. The van der Waals surface area contributed by atoms with Crippen molar-refractivity contribution in [1.29, 1.82) is 0 Å². The number of pyridine rings is 1. The molecule has 3 aromatic carbocycles. The number of nitrogens with zero attached hydrogens (tertiary/aromatic N) is 1.